The molecule has 0 aliphatic heterocycles. The van der Waals surface area contributed by atoms with Crippen molar-refractivity contribution in [1.82, 2.24) is 0 Å². The van der Waals surface area contributed by atoms with E-state index in [0.717, 1.165) is 6.42 Å². The first-order chi connectivity index (χ1) is 2.77. The predicted octanol–water partition coefficient (Wildman–Crippen LogP) is 1.10. The van der Waals surface area contributed by atoms with Gasteiger partial charge in [-0.25, -0.2) is 0 Å². The summed E-state index contributed by atoms with van der Waals surface area (Å²) in [5, 5.41) is 0. The minimum atomic E-state index is -1.34. The van der Waals surface area contributed by atoms with Crippen LogP contribution < -0.4 is 0 Å². The van der Waals surface area contributed by atoms with Crippen molar-refractivity contribution in [3.05, 3.63) is 6.42 Å². The molecule has 0 bridgehead atoms. The molecule has 0 aromatic rings. The van der Waals surface area contributed by atoms with E-state index in [9.17, 15) is 9.18 Å². The van der Waals surface area contributed by atoms with Gasteiger partial charge in [0.15, 0.2) is 0 Å². The number of rotatable bonds is 2. The summed E-state index contributed by atoms with van der Waals surface area (Å²) in [4.78, 5) is 9.32. The van der Waals surface area contributed by atoms with Gasteiger partial charge in [-0.1, -0.05) is 6.92 Å². The Morgan fingerprint density at radius 2 is 2.50 bits per heavy atom. The van der Waals surface area contributed by atoms with Gasteiger partial charge in [0.2, 0.25) is 0 Å². The molecule has 0 spiro atoms. The van der Waals surface area contributed by atoms with Crippen LogP contribution in [-0.2, 0) is 4.79 Å². The Labute approximate surface area is 36.2 Å². The lowest BCUT2D eigenvalue weighted by Gasteiger charge is -1.75. The zero-order chi connectivity index (χ0) is 4.99. The van der Waals surface area contributed by atoms with E-state index in [0.29, 0.717) is 6.42 Å². The van der Waals surface area contributed by atoms with Crippen molar-refractivity contribution in [1.29, 1.82) is 0 Å². The van der Waals surface area contributed by atoms with Crippen molar-refractivity contribution in [2.24, 2.45) is 0 Å². The van der Waals surface area contributed by atoms with E-state index in [1.165, 1.54) is 0 Å². The van der Waals surface area contributed by atoms with Gasteiger partial charge in [0.05, 0.1) is 6.42 Å². The molecule has 0 heterocycles. The fourth-order valence-electron chi connectivity index (χ4n) is 0.160. The fourth-order valence-corrected chi connectivity index (χ4v) is 0.160. The standard InChI is InChI=1S/C4H6FO/c1-2-3-4(5)6/h3H,2H2,1H3. The van der Waals surface area contributed by atoms with E-state index in [-0.39, 0.29) is 0 Å². The lowest BCUT2D eigenvalue weighted by atomic mass is 10.4. The zero-order valence-electron chi connectivity index (χ0n) is 3.57. The van der Waals surface area contributed by atoms with Crippen LogP contribution in [0.4, 0.5) is 4.39 Å². The summed E-state index contributed by atoms with van der Waals surface area (Å²) in [7, 11) is 0. The maximum Gasteiger partial charge on any atom is 0.305 e. The molecule has 35 valence electrons. The van der Waals surface area contributed by atoms with Gasteiger partial charge in [-0.15, -0.1) is 0 Å². The van der Waals surface area contributed by atoms with Gasteiger partial charge < -0.3 is 0 Å². The summed E-state index contributed by atoms with van der Waals surface area (Å²) >= 11 is 0. The van der Waals surface area contributed by atoms with Gasteiger partial charge in [0.1, 0.15) is 0 Å². The molecule has 0 aromatic heterocycles. The number of halogens is 1. The summed E-state index contributed by atoms with van der Waals surface area (Å²) in [6.07, 6.45) is 1.47. The number of hydrogen-bond acceptors (Lipinski definition) is 1. The van der Waals surface area contributed by atoms with Crippen LogP contribution >= 0.6 is 0 Å². The van der Waals surface area contributed by atoms with E-state index >= 15 is 0 Å². The minimum Gasteiger partial charge on any atom is -0.261 e. The summed E-state index contributed by atoms with van der Waals surface area (Å²) in [6, 6.07) is -1.34. The van der Waals surface area contributed by atoms with E-state index in [2.05, 4.69) is 0 Å². The fraction of sp³-hybridized carbons (Fsp3) is 0.500. The van der Waals surface area contributed by atoms with Crippen molar-refractivity contribution in [2.75, 3.05) is 0 Å². The zero-order valence-corrected chi connectivity index (χ0v) is 3.57. The third-order valence-corrected chi connectivity index (χ3v) is 0.365. The maximum absolute atomic E-state index is 11.0. The summed E-state index contributed by atoms with van der Waals surface area (Å²) in [6.45, 7) is 1.71. The third kappa shape index (κ3) is 3.60. The highest BCUT2D eigenvalue weighted by atomic mass is 19.1. The van der Waals surface area contributed by atoms with Crippen LogP contribution in [0.1, 0.15) is 13.3 Å². The first kappa shape index (κ1) is 5.60. The van der Waals surface area contributed by atoms with Gasteiger partial charge >= 0.3 is 6.04 Å². The van der Waals surface area contributed by atoms with Crippen molar-refractivity contribution in [3.63, 3.8) is 0 Å². The molecule has 6 heavy (non-hydrogen) atoms. The second-order valence-electron chi connectivity index (χ2n) is 0.916. The summed E-state index contributed by atoms with van der Waals surface area (Å²) in [5.74, 6) is 0. The normalized spacial score (nSPS) is 8.33. The molecule has 0 aliphatic rings. The molecule has 0 saturated carbocycles. The highest BCUT2D eigenvalue weighted by Crippen LogP contribution is 1.84. The van der Waals surface area contributed by atoms with E-state index in [4.69, 9.17) is 0 Å². The molecule has 0 amide bonds. The van der Waals surface area contributed by atoms with Crippen molar-refractivity contribution in [2.45, 2.75) is 13.3 Å². The maximum atomic E-state index is 11.0. The second kappa shape index (κ2) is 2.82. The van der Waals surface area contributed by atoms with Gasteiger partial charge in [0, 0.05) is 0 Å². The molecule has 0 unspecified atom stereocenters. The highest BCUT2D eigenvalue weighted by Gasteiger charge is 1.90. The van der Waals surface area contributed by atoms with Crippen molar-refractivity contribution >= 4 is 6.04 Å². The molecule has 0 fully saturated rings. The Morgan fingerprint density at radius 1 is 2.00 bits per heavy atom. The van der Waals surface area contributed by atoms with Gasteiger partial charge in [-0.2, -0.15) is 4.39 Å². The third-order valence-electron chi connectivity index (χ3n) is 0.365. The number of carbonyl (C=O) groups excluding carboxylic acids is 1. The summed E-state index contributed by atoms with van der Waals surface area (Å²) in [5.41, 5.74) is 0. The first-order valence-corrected chi connectivity index (χ1v) is 1.80. The van der Waals surface area contributed by atoms with Crippen LogP contribution in [0.25, 0.3) is 0 Å². The first-order valence-electron chi connectivity index (χ1n) is 1.80. The van der Waals surface area contributed by atoms with Crippen LogP contribution in [0.15, 0.2) is 0 Å². The second-order valence-corrected chi connectivity index (χ2v) is 0.916. The Kier molecular flexibility index (Phi) is 2.63. The number of carbonyl (C=O) groups is 1. The predicted molar refractivity (Wildman–Crippen MR) is 20.7 cm³/mol. The average molecular weight is 89.1 g/mol. The Hall–Kier alpha value is -0.400. The lowest BCUT2D eigenvalue weighted by Crippen LogP contribution is -1.83. The highest BCUT2D eigenvalue weighted by molar-refractivity contribution is 5.77. The van der Waals surface area contributed by atoms with E-state index in [1.807, 2.05) is 0 Å². The monoisotopic (exact) mass is 89.0 g/mol. The van der Waals surface area contributed by atoms with Crippen LogP contribution in [0.2, 0.25) is 0 Å². The molecule has 1 radical (unpaired) electrons. The lowest BCUT2D eigenvalue weighted by molar-refractivity contribution is -0.125. The van der Waals surface area contributed by atoms with Crippen LogP contribution in [-0.4, -0.2) is 6.04 Å². The summed E-state index contributed by atoms with van der Waals surface area (Å²) < 4.78 is 11.0. The molecule has 0 N–H and O–H groups in total. The van der Waals surface area contributed by atoms with Gasteiger partial charge in [-0.05, 0) is 6.42 Å². The molecule has 0 rings (SSSR count). The molecule has 2 heteroatoms. The smallest absolute Gasteiger partial charge is 0.261 e. The average Bonchev–Trinajstić information content (AvgIpc) is 1.35. The molecular formula is C4H6FO. The molecule has 0 aliphatic carbocycles. The van der Waals surface area contributed by atoms with E-state index < -0.39 is 6.04 Å². The molecule has 0 saturated heterocycles. The molecule has 0 atom stereocenters. The SMILES string of the molecule is CC[CH]C(=O)F. The van der Waals surface area contributed by atoms with Gasteiger partial charge in [-0.3, -0.25) is 4.79 Å². The largest absolute Gasteiger partial charge is 0.305 e. The van der Waals surface area contributed by atoms with Gasteiger partial charge in [0.25, 0.3) is 0 Å². The van der Waals surface area contributed by atoms with Crippen LogP contribution in [0.5, 0.6) is 0 Å². The Bertz CT molecular complexity index is 51.5. The Morgan fingerprint density at radius 3 is 2.50 bits per heavy atom. The van der Waals surface area contributed by atoms with E-state index in [1.54, 1.807) is 6.92 Å². The van der Waals surface area contributed by atoms with Crippen molar-refractivity contribution in [3.8, 4) is 0 Å². The van der Waals surface area contributed by atoms with Crippen LogP contribution in [0, 0.1) is 6.42 Å². The topological polar surface area (TPSA) is 17.1 Å². The minimum absolute atomic E-state index is 0.481. The Balaban J connectivity index is 2.83. The van der Waals surface area contributed by atoms with Crippen molar-refractivity contribution < 1.29 is 9.18 Å². The molecule has 1 nitrogen and oxygen atoms in total. The quantitative estimate of drug-likeness (QED) is 0.463. The van der Waals surface area contributed by atoms with Crippen LogP contribution in [0.3, 0.4) is 0 Å². The molecule has 0 aromatic carbocycles. The molecular weight excluding hydrogens is 83.0 g/mol. The number of hydrogen-bond donors (Lipinski definition) is 0.